The fourth-order valence-electron chi connectivity index (χ4n) is 2.80. The number of fused-ring (bicyclic) bond motifs is 1. The van der Waals surface area contributed by atoms with Crippen LogP contribution in [0.15, 0.2) is 60.8 Å². The molecule has 0 radical (unpaired) electrons. The van der Waals surface area contributed by atoms with E-state index >= 15 is 0 Å². The van der Waals surface area contributed by atoms with Crippen LogP contribution in [0.5, 0.6) is 0 Å². The molecule has 2 aromatic carbocycles. The van der Waals surface area contributed by atoms with Crippen molar-refractivity contribution < 1.29 is 9.69 Å². The van der Waals surface area contributed by atoms with Crippen LogP contribution in [0.3, 0.4) is 0 Å². The number of hydrogen-bond donors (Lipinski definition) is 2. The molecule has 2 atom stereocenters. The number of ketones is 1. The van der Waals surface area contributed by atoms with Crippen molar-refractivity contribution in [2.75, 3.05) is 7.05 Å². The van der Waals surface area contributed by atoms with E-state index in [0.29, 0.717) is 0 Å². The Hall–Kier alpha value is -2.39. The maximum atomic E-state index is 12.8. The summed E-state index contributed by atoms with van der Waals surface area (Å²) >= 11 is 0. The van der Waals surface area contributed by atoms with E-state index in [4.69, 9.17) is 0 Å². The Balaban J connectivity index is 1.79. The average molecular weight is 293 g/mol. The molecule has 2 N–H and O–H groups in total. The summed E-state index contributed by atoms with van der Waals surface area (Å²) in [6, 6.07) is 18.2. The molecular weight excluding hydrogens is 272 g/mol. The van der Waals surface area contributed by atoms with Crippen molar-refractivity contribution in [3.63, 3.8) is 0 Å². The number of rotatable bonds is 5. The number of hydrogen-bond acceptors (Lipinski definition) is 1. The maximum absolute atomic E-state index is 12.8. The number of carbonyl (C=O) groups excluding carboxylic acids is 1. The molecule has 1 aromatic heterocycles. The Bertz CT molecular complexity index is 776. The summed E-state index contributed by atoms with van der Waals surface area (Å²) in [5.41, 5.74) is 3.05. The van der Waals surface area contributed by atoms with Gasteiger partial charge in [-0.05, 0) is 13.0 Å². The highest BCUT2D eigenvalue weighted by Gasteiger charge is 2.25. The molecule has 1 unspecified atom stereocenters. The molecule has 3 aromatic rings. The number of Topliss-reactive ketones (excluding diaryl/α,β-unsaturated/α-hetero) is 1. The van der Waals surface area contributed by atoms with Crippen LogP contribution in [-0.4, -0.2) is 23.9 Å². The van der Waals surface area contributed by atoms with E-state index < -0.39 is 0 Å². The van der Waals surface area contributed by atoms with Gasteiger partial charge in [0.15, 0.2) is 0 Å². The van der Waals surface area contributed by atoms with Crippen LogP contribution in [0.2, 0.25) is 0 Å². The summed E-state index contributed by atoms with van der Waals surface area (Å²) in [6.45, 7) is 2.85. The molecular formula is C19H21N2O+. The van der Waals surface area contributed by atoms with Gasteiger partial charge < -0.3 is 9.88 Å². The zero-order valence-corrected chi connectivity index (χ0v) is 13.0. The number of quaternary nitrogens is 1. The molecule has 0 amide bonds. The van der Waals surface area contributed by atoms with Gasteiger partial charge in [0.05, 0.1) is 7.05 Å². The normalized spacial score (nSPS) is 13.9. The zero-order valence-electron chi connectivity index (χ0n) is 13.0. The van der Waals surface area contributed by atoms with E-state index in [0.717, 1.165) is 23.0 Å². The Morgan fingerprint density at radius 3 is 2.55 bits per heavy atom. The molecule has 0 aliphatic rings. The first-order valence-electron chi connectivity index (χ1n) is 7.63. The number of nitrogens with one attached hydrogen (secondary N) is 2. The number of aromatic amines is 1. The van der Waals surface area contributed by atoms with Crippen LogP contribution < -0.4 is 4.90 Å². The minimum Gasteiger partial charge on any atom is -0.360 e. The third kappa shape index (κ3) is 2.81. The van der Waals surface area contributed by atoms with Gasteiger partial charge in [-0.2, -0.15) is 0 Å². The lowest BCUT2D eigenvalue weighted by Crippen LogP contribution is -3.12. The van der Waals surface area contributed by atoms with Crippen LogP contribution in [0.25, 0.3) is 10.9 Å². The van der Waals surface area contributed by atoms with Crippen molar-refractivity contribution >= 4 is 16.7 Å². The summed E-state index contributed by atoms with van der Waals surface area (Å²) < 4.78 is 0. The molecule has 0 fully saturated rings. The second-order valence-corrected chi connectivity index (χ2v) is 5.84. The lowest BCUT2D eigenvalue weighted by atomic mass is 10.0. The van der Waals surface area contributed by atoms with E-state index in [1.165, 1.54) is 10.5 Å². The van der Waals surface area contributed by atoms with Crippen molar-refractivity contribution in [2.24, 2.45) is 0 Å². The van der Waals surface area contributed by atoms with Crippen molar-refractivity contribution in [1.29, 1.82) is 0 Å². The number of carbonyl (C=O) groups is 1. The second-order valence-electron chi connectivity index (χ2n) is 5.84. The van der Waals surface area contributed by atoms with E-state index in [1.807, 2.05) is 55.6 Å². The molecule has 112 valence electrons. The first-order valence-corrected chi connectivity index (χ1v) is 7.63. The Morgan fingerprint density at radius 1 is 1.09 bits per heavy atom. The van der Waals surface area contributed by atoms with Crippen LogP contribution in [0, 0.1) is 0 Å². The molecule has 0 aliphatic heterocycles. The molecule has 0 saturated heterocycles. The molecule has 3 heteroatoms. The largest absolute Gasteiger partial charge is 0.360 e. The van der Waals surface area contributed by atoms with Crippen LogP contribution in [0.4, 0.5) is 0 Å². The first kappa shape index (κ1) is 14.5. The summed E-state index contributed by atoms with van der Waals surface area (Å²) in [4.78, 5) is 17.2. The summed E-state index contributed by atoms with van der Waals surface area (Å²) in [7, 11) is 2.07. The molecule has 3 rings (SSSR count). The number of benzene rings is 2. The van der Waals surface area contributed by atoms with Crippen molar-refractivity contribution in [1.82, 2.24) is 4.98 Å². The monoisotopic (exact) mass is 293 g/mol. The predicted molar refractivity (Wildman–Crippen MR) is 89.1 cm³/mol. The summed E-state index contributed by atoms with van der Waals surface area (Å²) in [5.74, 6) is 0.186. The highest BCUT2D eigenvalue weighted by atomic mass is 16.1. The highest BCUT2D eigenvalue weighted by Crippen LogP contribution is 2.18. The van der Waals surface area contributed by atoms with Crippen molar-refractivity contribution in [3.8, 4) is 0 Å². The van der Waals surface area contributed by atoms with Crippen LogP contribution in [0.1, 0.15) is 22.8 Å². The smallest absolute Gasteiger partial charge is 0.221 e. The topological polar surface area (TPSA) is 37.3 Å². The lowest BCUT2D eigenvalue weighted by Gasteiger charge is -2.20. The van der Waals surface area contributed by atoms with E-state index in [1.54, 1.807) is 0 Å². The van der Waals surface area contributed by atoms with Gasteiger partial charge >= 0.3 is 0 Å². The summed E-state index contributed by atoms with van der Waals surface area (Å²) in [5, 5.41) is 1.01. The van der Waals surface area contributed by atoms with E-state index in [2.05, 4.69) is 24.2 Å². The Morgan fingerprint density at radius 2 is 1.77 bits per heavy atom. The summed E-state index contributed by atoms with van der Waals surface area (Å²) in [6.07, 6.45) is 1.83. The SMILES string of the molecule is C[C@H](C(=O)c1c[nH]c2ccccc12)[NH+](C)Cc1ccccc1. The van der Waals surface area contributed by atoms with E-state index in [-0.39, 0.29) is 11.8 Å². The maximum Gasteiger partial charge on any atom is 0.221 e. The zero-order chi connectivity index (χ0) is 15.5. The number of para-hydroxylation sites is 1. The van der Waals surface area contributed by atoms with Gasteiger partial charge in [-0.15, -0.1) is 0 Å². The molecule has 1 heterocycles. The Labute approximate surface area is 130 Å². The standard InChI is InChI=1S/C19H20N2O/c1-14(21(2)13-15-8-4-3-5-9-15)19(22)17-12-20-18-11-7-6-10-16(17)18/h3-12,14,20H,13H2,1-2H3/p+1/t14-/m1/s1. The number of H-pyrrole nitrogens is 1. The fraction of sp³-hybridized carbons (Fsp3) is 0.211. The minimum atomic E-state index is -0.0839. The fourth-order valence-corrected chi connectivity index (χ4v) is 2.80. The van der Waals surface area contributed by atoms with Gasteiger partial charge in [-0.3, -0.25) is 4.79 Å². The molecule has 0 bridgehead atoms. The van der Waals surface area contributed by atoms with E-state index in [9.17, 15) is 4.79 Å². The molecule has 0 spiro atoms. The van der Waals surface area contributed by atoms with Gasteiger partial charge in [-0.1, -0.05) is 48.5 Å². The quantitative estimate of drug-likeness (QED) is 0.697. The number of likely N-dealkylation sites (N-methyl/N-ethyl adjacent to an activating group) is 1. The van der Waals surface area contributed by atoms with Gasteiger partial charge in [0.2, 0.25) is 5.78 Å². The van der Waals surface area contributed by atoms with Crippen LogP contribution >= 0.6 is 0 Å². The van der Waals surface area contributed by atoms with Gasteiger partial charge in [0, 0.05) is 28.2 Å². The predicted octanol–water partition coefficient (Wildman–Crippen LogP) is 2.45. The van der Waals surface area contributed by atoms with Gasteiger partial charge in [0.25, 0.3) is 0 Å². The lowest BCUT2D eigenvalue weighted by molar-refractivity contribution is -0.907. The third-order valence-corrected chi connectivity index (χ3v) is 4.31. The molecule has 0 saturated carbocycles. The molecule has 3 nitrogen and oxygen atoms in total. The second kappa shape index (κ2) is 6.16. The molecule has 22 heavy (non-hydrogen) atoms. The third-order valence-electron chi connectivity index (χ3n) is 4.31. The van der Waals surface area contributed by atoms with Gasteiger partial charge in [-0.25, -0.2) is 0 Å². The number of aromatic nitrogens is 1. The van der Waals surface area contributed by atoms with Crippen LogP contribution in [-0.2, 0) is 6.54 Å². The molecule has 0 aliphatic carbocycles. The van der Waals surface area contributed by atoms with Crippen molar-refractivity contribution in [2.45, 2.75) is 19.5 Å². The Kier molecular flexibility index (Phi) is 4.07. The van der Waals surface area contributed by atoms with Gasteiger partial charge in [0.1, 0.15) is 12.6 Å². The first-order chi connectivity index (χ1) is 10.7. The minimum absolute atomic E-state index is 0.0839. The highest BCUT2D eigenvalue weighted by molar-refractivity contribution is 6.09. The van der Waals surface area contributed by atoms with Crippen molar-refractivity contribution in [3.05, 3.63) is 71.9 Å². The average Bonchev–Trinajstić information content (AvgIpc) is 2.98.